The van der Waals surface area contributed by atoms with Crippen molar-refractivity contribution in [2.45, 2.75) is 32.6 Å². The molecule has 0 saturated carbocycles. The van der Waals surface area contributed by atoms with Crippen molar-refractivity contribution in [2.75, 3.05) is 26.7 Å². The highest BCUT2D eigenvalue weighted by atomic mass is 19.1. The van der Waals surface area contributed by atoms with Gasteiger partial charge in [-0.15, -0.1) is 0 Å². The van der Waals surface area contributed by atoms with Gasteiger partial charge in [0, 0.05) is 18.7 Å². The molecule has 4 nitrogen and oxygen atoms in total. The smallest absolute Gasteiger partial charge is 0.251 e. The van der Waals surface area contributed by atoms with E-state index in [-0.39, 0.29) is 5.91 Å². The summed E-state index contributed by atoms with van der Waals surface area (Å²) in [6.45, 7) is 8.02. The van der Waals surface area contributed by atoms with Crippen molar-refractivity contribution in [1.29, 1.82) is 0 Å². The van der Waals surface area contributed by atoms with Crippen LogP contribution in [0.5, 0.6) is 0 Å². The molecule has 1 aromatic rings. The second kappa shape index (κ2) is 11.5. The molecule has 32 heavy (non-hydrogen) atoms. The zero-order chi connectivity index (χ0) is 22.9. The second-order valence-corrected chi connectivity index (χ2v) is 8.21. The van der Waals surface area contributed by atoms with Crippen LogP contribution >= 0.6 is 0 Å². The highest BCUT2D eigenvalue weighted by molar-refractivity contribution is 5.95. The predicted molar refractivity (Wildman–Crippen MR) is 131 cm³/mol. The third kappa shape index (κ3) is 6.47. The number of fused-ring (bicyclic) bond motifs is 1. The standard InChI is InChI=1S/C27H32FN3O/c1-4-14-31(3)15-13-30-27(32)23-17-22(18-24(28)19-23)26-8-6-5-7-20-9-11-25(29-2)12-10-21(26)16-20/h6,8-9,11-12,16-19H,2,4-5,7,10,13-15H2,1,3H3,(H,30,32). The van der Waals surface area contributed by atoms with Gasteiger partial charge in [0.05, 0.1) is 5.70 Å². The third-order valence-electron chi connectivity index (χ3n) is 5.63. The summed E-state index contributed by atoms with van der Waals surface area (Å²) >= 11 is 0. The van der Waals surface area contributed by atoms with Gasteiger partial charge in [0.2, 0.25) is 0 Å². The molecule has 2 bridgehead atoms. The highest BCUT2D eigenvalue weighted by Gasteiger charge is 2.14. The normalized spacial score (nSPS) is 16.0. The number of rotatable bonds is 8. The number of nitrogens with one attached hydrogen (secondary N) is 1. The predicted octanol–water partition coefficient (Wildman–Crippen LogP) is 5.47. The van der Waals surface area contributed by atoms with Crippen LogP contribution in [0.3, 0.4) is 0 Å². The second-order valence-electron chi connectivity index (χ2n) is 8.21. The summed E-state index contributed by atoms with van der Waals surface area (Å²) in [6, 6.07) is 4.58. The molecule has 1 aromatic carbocycles. The maximum atomic E-state index is 14.6. The number of carbonyl (C=O) groups excluding carboxylic acids is 1. The number of hydrogen-bond donors (Lipinski definition) is 1. The van der Waals surface area contributed by atoms with Crippen molar-refractivity contribution < 1.29 is 9.18 Å². The van der Waals surface area contributed by atoms with Crippen molar-refractivity contribution in [2.24, 2.45) is 4.99 Å². The molecule has 5 heteroatoms. The van der Waals surface area contributed by atoms with Crippen LogP contribution in [0.15, 0.2) is 76.5 Å². The van der Waals surface area contributed by atoms with E-state index in [0.717, 1.165) is 49.2 Å². The fraction of sp³-hybridized carbons (Fsp3) is 0.333. The largest absolute Gasteiger partial charge is 0.351 e. The molecule has 2 aliphatic rings. The Hall–Kier alpha value is -3.05. The molecule has 1 N–H and O–H groups in total. The van der Waals surface area contributed by atoms with Gasteiger partial charge >= 0.3 is 0 Å². The topological polar surface area (TPSA) is 44.7 Å². The highest BCUT2D eigenvalue weighted by Crippen LogP contribution is 2.31. The molecular formula is C27H32FN3O. The number of aliphatic imine (C=N–C) groups is 1. The van der Waals surface area contributed by atoms with Gasteiger partial charge in [-0.3, -0.25) is 9.79 Å². The Kier molecular flexibility index (Phi) is 8.51. The number of likely N-dealkylation sites (N-methyl/N-ethyl adjacent to an activating group) is 1. The quantitative estimate of drug-likeness (QED) is 0.553. The van der Waals surface area contributed by atoms with Crippen molar-refractivity contribution in [3.05, 3.63) is 88.4 Å². The minimum atomic E-state index is -0.418. The van der Waals surface area contributed by atoms with Crippen molar-refractivity contribution >= 4 is 18.2 Å². The van der Waals surface area contributed by atoms with Crippen LogP contribution in [-0.4, -0.2) is 44.2 Å². The lowest BCUT2D eigenvalue weighted by molar-refractivity contribution is 0.0949. The SMILES string of the molecule is C=NC1=CCC2=C(c3cc(F)cc(C(=O)NCCN(C)CCC)c3)C=CCCC(=C2)C=C1. The molecule has 3 rings (SSSR count). The van der Waals surface area contributed by atoms with E-state index in [4.69, 9.17) is 0 Å². The van der Waals surface area contributed by atoms with Crippen LogP contribution in [0, 0.1) is 5.82 Å². The average molecular weight is 434 g/mol. The number of allylic oxidation sites excluding steroid dienone is 9. The van der Waals surface area contributed by atoms with E-state index in [1.807, 2.05) is 25.3 Å². The van der Waals surface area contributed by atoms with Crippen molar-refractivity contribution in [3.8, 4) is 0 Å². The number of benzene rings is 1. The fourth-order valence-corrected chi connectivity index (χ4v) is 3.94. The minimum Gasteiger partial charge on any atom is -0.351 e. The molecule has 0 saturated heterocycles. The van der Waals surface area contributed by atoms with Crippen LogP contribution in [0.4, 0.5) is 4.39 Å². The lowest BCUT2D eigenvalue weighted by Gasteiger charge is -2.17. The Balaban J connectivity index is 1.91. The van der Waals surface area contributed by atoms with Crippen molar-refractivity contribution in [3.63, 3.8) is 0 Å². The van der Waals surface area contributed by atoms with E-state index in [0.29, 0.717) is 24.1 Å². The molecule has 0 aliphatic heterocycles. The first-order chi connectivity index (χ1) is 15.5. The first-order valence-electron chi connectivity index (χ1n) is 11.2. The Morgan fingerprint density at radius 1 is 1.22 bits per heavy atom. The summed E-state index contributed by atoms with van der Waals surface area (Å²) in [5, 5.41) is 2.91. The van der Waals surface area contributed by atoms with Crippen molar-refractivity contribution in [1.82, 2.24) is 10.2 Å². The summed E-state index contributed by atoms with van der Waals surface area (Å²) in [6.07, 6.45) is 15.9. The van der Waals surface area contributed by atoms with Gasteiger partial charge in [0.15, 0.2) is 0 Å². The lowest BCUT2D eigenvalue weighted by Crippen LogP contribution is -2.33. The van der Waals surface area contributed by atoms with Gasteiger partial charge < -0.3 is 10.2 Å². The number of amides is 1. The van der Waals surface area contributed by atoms with Gasteiger partial charge in [-0.25, -0.2) is 4.39 Å². The Morgan fingerprint density at radius 2 is 2.06 bits per heavy atom. The lowest BCUT2D eigenvalue weighted by atomic mass is 9.90. The Labute approximate surface area is 190 Å². The summed E-state index contributed by atoms with van der Waals surface area (Å²) in [4.78, 5) is 18.9. The number of carbonyl (C=O) groups is 1. The minimum absolute atomic E-state index is 0.258. The maximum Gasteiger partial charge on any atom is 0.251 e. The van der Waals surface area contributed by atoms with E-state index in [9.17, 15) is 9.18 Å². The molecule has 168 valence electrons. The van der Waals surface area contributed by atoms with E-state index in [2.05, 4.69) is 47.1 Å². The summed E-state index contributed by atoms with van der Waals surface area (Å²) < 4.78 is 14.6. The van der Waals surface area contributed by atoms with Crippen LogP contribution in [0.2, 0.25) is 0 Å². The molecule has 0 aromatic heterocycles. The molecular weight excluding hydrogens is 401 g/mol. The van der Waals surface area contributed by atoms with Gasteiger partial charge in [-0.05, 0) is 92.6 Å². The maximum absolute atomic E-state index is 14.6. The molecule has 0 atom stereocenters. The summed E-state index contributed by atoms with van der Waals surface area (Å²) in [5.74, 6) is -0.677. The first kappa shape index (κ1) is 23.6. The monoisotopic (exact) mass is 433 g/mol. The Morgan fingerprint density at radius 3 is 2.84 bits per heavy atom. The zero-order valence-electron chi connectivity index (χ0n) is 19.0. The van der Waals surface area contributed by atoms with E-state index in [1.165, 1.54) is 17.7 Å². The molecule has 1 amide bonds. The van der Waals surface area contributed by atoms with Crippen LogP contribution in [-0.2, 0) is 0 Å². The first-order valence-corrected chi connectivity index (χ1v) is 11.2. The number of hydrogen-bond acceptors (Lipinski definition) is 3. The average Bonchev–Trinajstić information content (AvgIpc) is 2.73. The Bertz CT molecular complexity index is 1010. The van der Waals surface area contributed by atoms with Crippen LogP contribution in [0.25, 0.3) is 5.57 Å². The zero-order valence-corrected chi connectivity index (χ0v) is 19.0. The van der Waals surface area contributed by atoms with Gasteiger partial charge in [0.1, 0.15) is 5.82 Å². The molecule has 0 heterocycles. The molecule has 0 radical (unpaired) electrons. The third-order valence-corrected chi connectivity index (χ3v) is 5.63. The molecule has 0 spiro atoms. The summed E-state index contributed by atoms with van der Waals surface area (Å²) in [5.41, 5.74) is 5.05. The van der Waals surface area contributed by atoms with Crippen LogP contribution in [0.1, 0.15) is 48.5 Å². The molecule has 0 unspecified atom stereocenters. The van der Waals surface area contributed by atoms with E-state index >= 15 is 0 Å². The molecule has 2 aliphatic carbocycles. The summed E-state index contributed by atoms with van der Waals surface area (Å²) in [7, 11) is 2.03. The fourth-order valence-electron chi connectivity index (χ4n) is 3.94. The van der Waals surface area contributed by atoms with Gasteiger partial charge in [-0.1, -0.05) is 37.3 Å². The van der Waals surface area contributed by atoms with Crippen LogP contribution < -0.4 is 5.32 Å². The van der Waals surface area contributed by atoms with Gasteiger partial charge in [-0.2, -0.15) is 0 Å². The number of halogens is 1. The van der Waals surface area contributed by atoms with Gasteiger partial charge in [0.25, 0.3) is 5.91 Å². The van der Waals surface area contributed by atoms with E-state index in [1.54, 1.807) is 6.07 Å². The van der Waals surface area contributed by atoms with E-state index < -0.39 is 5.82 Å². The molecule has 0 fully saturated rings. The number of nitrogens with zero attached hydrogens (tertiary/aromatic N) is 2.